The molecule has 2 aromatic carbocycles. The van der Waals surface area contributed by atoms with Gasteiger partial charge in [-0.3, -0.25) is 0 Å². The van der Waals surface area contributed by atoms with Gasteiger partial charge in [-0.1, -0.05) is 30.3 Å². The van der Waals surface area contributed by atoms with E-state index in [-0.39, 0.29) is 30.6 Å². The lowest BCUT2D eigenvalue weighted by molar-refractivity contribution is -0.137. The van der Waals surface area contributed by atoms with Crippen LogP contribution in [-0.4, -0.2) is 22.1 Å². The van der Waals surface area contributed by atoms with E-state index in [1.54, 1.807) is 31.2 Å². The second-order valence-electron chi connectivity index (χ2n) is 8.11. The smallest absolute Gasteiger partial charge is 0.421 e. The Labute approximate surface area is 185 Å². The minimum atomic E-state index is -4.62. The number of ether oxygens (including phenoxy) is 2. The predicted octanol–water partition coefficient (Wildman–Crippen LogP) is 6.41. The number of hydrogen-bond acceptors (Lipinski definition) is 5. The summed E-state index contributed by atoms with van der Waals surface area (Å²) in [4.78, 5) is 9.38. The molecule has 0 bridgehead atoms. The molecule has 0 spiro atoms. The van der Waals surface area contributed by atoms with Crippen LogP contribution >= 0.6 is 0 Å². The quantitative estimate of drug-likeness (QED) is 0.421. The number of anilines is 2. The van der Waals surface area contributed by atoms with Crippen LogP contribution in [0.2, 0.25) is 0 Å². The van der Waals surface area contributed by atoms with E-state index in [1.165, 1.54) is 4.90 Å². The summed E-state index contributed by atoms with van der Waals surface area (Å²) in [7, 11) is 0. The Morgan fingerprint density at radius 3 is 2.16 bits per heavy atom. The van der Waals surface area contributed by atoms with Crippen molar-refractivity contribution in [2.75, 3.05) is 11.4 Å². The molecule has 0 radical (unpaired) electrons. The maximum Gasteiger partial charge on any atom is 0.421 e. The molecule has 170 valence electrons. The van der Waals surface area contributed by atoms with Crippen LogP contribution in [0.4, 0.5) is 24.7 Å². The van der Waals surface area contributed by atoms with Gasteiger partial charge in [0.05, 0.1) is 0 Å². The molecule has 1 aromatic heterocycles. The second kappa shape index (κ2) is 9.46. The standard InChI is InChI=1S/C24H26F3N3O2/c1-5-30(18-11-13-19(14-12-18)32-23(2,3)4)21-20(24(25,26)27)15-28-22(29-21)31-16-17-9-7-6-8-10-17/h6-15H,5,16H2,1-4H3. The Kier molecular flexibility index (Phi) is 6.91. The van der Waals surface area contributed by atoms with E-state index in [4.69, 9.17) is 9.47 Å². The van der Waals surface area contributed by atoms with E-state index in [9.17, 15) is 13.2 Å². The van der Waals surface area contributed by atoms with Crippen molar-refractivity contribution in [1.82, 2.24) is 9.97 Å². The lowest BCUT2D eigenvalue weighted by Gasteiger charge is -2.26. The first-order valence-corrected chi connectivity index (χ1v) is 10.2. The lowest BCUT2D eigenvalue weighted by atomic mass is 10.2. The highest BCUT2D eigenvalue weighted by molar-refractivity contribution is 5.64. The maximum absolute atomic E-state index is 13.7. The lowest BCUT2D eigenvalue weighted by Crippen LogP contribution is -2.24. The summed E-state index contributed by atoms with van der Waals surface area (Å²) in [6.07, 6.45) is -3.85. The van der Waals surface area contributed by atoms with Gasteiger partial charge in [0.25, 0.3) is 0 Å². The first-order valence-electron chi connectivity index (χ1n) is 10.2. The number of halogens is 3. The summed E-state index contributed by atoms with van der Waals surface area (Å²) in [6, 6.07) is 16.0. The molecule has 0 atom stereocenters. The predicted molar refractivity (Wildman–Crippen MR) is 117 cm³/mol. The molecule has 32 heavy (non-hydrogen) atoms. The van der Waals surface area contributed by atoms with Crippen molar-refractivity contribution in [2.45, 2.75) is 46.1 Å². The van der Waals surface area contributed by atoms with Gasteiger partial charge in [0.15, 0.2) is 5.82 Å². The molecule has 0 saturated heterocycles. The third-order valence-corrected chi connectivity index (χ3v) is 4.41. The molecule has 0 fully saturated rings. The maximum atomic E-state index is 13.7. The number of nitrogens with zero attached hydrogens (tertiary/aromatic N) is 3. The first-order chi connectivity index (χ1) is 15.1. The fourth-order valence-electron chi connectivity index (χ4n) is 3.06. The Balaban J connectivity index is 1.92. The van der Waals surface area contributed by atoms with Gasteiger partial charge in [0, 0.05) is 18.4 Å². The van der Waals surface area contributed by atoms with Gasteiger partial charge in [-0.25, -0.2) is 4.98 Å². The summed E-state index contributed by atoms with van der Waals surface area (Å²) >= 11 is 0. The number of rotatable bonds is 7. The molecular weight excluding hydrogens is 419 g/mol. The van der Waals surface area contributed by atoms with Gasteiger partial charge in [-0.15, -0.1) is 0 Å². The third kappa shape index (κ3) is 6.12. The molecule has 0 aliphatic heterocycles. The second-order valence-corrected chi connectivity index (χ2v) is 8.11. The van der Waals surface area contributed by atoms with Crippen molar-refractivity contribution >= 4 is 11.5 Å². The van der Waals surface area contributed by atoms with Crippen LogP contribution in [-0.2, 0) is 12.8 Å². The van der Waals surface area contributed by atoms with Crippen LogP contribution in [0.5, 0.6) is 11.8 Å². The van der Waals surface area contributed by atoms with E-state index in [0.717, 1.165) is 11.8 Å². The van der Waals surface area contributed by atoms with Crippen LogP contribution in [0, 0.1) is 0 Å². The molecule has 0 saturated carbocycles. The number of aromatic nitrogens is 2. The van der Waals surface area contributed by atoms with Crippen molar-refractivity contribution in [3.05, 3.63) is 71.9 Å². The molecule has 1 heterocycles. The van der Waals surface area contributed by atoms with E-state index >= 15 is 0 Å². The zero-order valence-electron chi connectivity index (χ0n) is 18.5. The largest absolute Gasteiger partial charge is 0.488 e. The van der Waals surface area contributed by atoms with Gasteiger partial charge in [0.1, 0.15) is 23.5 Å². The highest BCUT2D eigenvalue weighted by Gasteiger charge is 2.37. The fourth-order valence-corrected chi connectivity index (χ4v) is 3.06. The van der Waals surface area contributed by atoms with Crippen LogP contribution in [0.15, 0.2) is 60.8 Å². The van der Waals surface area contributed by atoms with E-state index in [1.807, 2.05) is 51.1 Å². The van der Waals surface area contributed by atoms with Crippen LogP contribution in [0.3, 0.4) is 0 Å². The van der Waals surface area contributed by atoms with Crippen LogP contribution < -0.4 is 14.4 Å². The third-order valence-electron chi connectivity index (χ3n) is 4.41. The average molecular weight is 445 g/mol. The minimum Gasteiger partial charge on any atom is -0.488 e. The Morgan fingerprint density at radius 2 is 1.59 bits per heavy atom. The topological polar surface area (TPSA) is 47.5 Å². The molecule has 5 nitrogen and oxygen atoms in total. The molecule has 0 amide bonds. The van der Waals surface area contributed by atoms with E-state index < -0.39 is 11.7 Å². The van der Waals surface area contributed by atoms with Gasteiger partial charge in [-0.2, -0.15) is 18.2 Å². The van der Waals surface area contributed by atoms with E-state index in [2.05, 4.69) is 9.97 Å². The number of benzene rings is 2. The molecule has 3 rings (SSSR count). The number of alkyl halides is 3. The highest BCUT2D eigenvalue weighted by atomic mass is 19.4. The SMILES string of the molecule is CCN(c1ccc(OC(C)(C)C)cc1)c1nc(OCc2ccccc2)ncc1C(F)(F)F. The van der Waals surface area contributed by atoms with Crippen LogP contribution in [0.25, 0.3) is 0 Å². The fraction of sp³-hybridized carbons (Fsp3) is 0.333. The first kappa shape index (κ1) is 23.4. The molecule has 0 aliphatic carbocycles. The van der Waals surface area contributed by atoms with Crippen molar-refractivity contribution in [1.29, 1.82) is 0 Å². The normalized spacial score (nSPS) is 11.8. The molecule has 3 aromatic rings. The summed E-state index contributed by atoms with van der Waals surface area (Å²) in [5.41, 5.74) is 0.0975. The Morgan fingerprint density at radius 1 is 0.938 bits per heavy atom. The Bertz CT molecular complexity index is 1020. The average Bonchev–Trinajstić information content (AvgIpc) is 2.73. The van der Waals surface area contributed by atoms with Gasteiger partial charge >= 0.3 is 12.2 Å². The molecule has 0 unspecified atom stereocenters. The number of hydrogen-bond donors (Lipinski definition) is 0. The van der Waals surface area contributed by atoms with Gasteiger partial charge < -0.3 is 14.4 Å². The molecule has 0 aliphatic rings. The summed E-state index contributed by atoms with van der Waals surface area (Å²) < 4.78 is 52.5. The summed E-state index contributed by atoms with van der Waals surface area (Å²) in [5.74, 6) is 0.366. The Hall–Kier alpha value is -3.29. The van der Waals surface area contributed by atoms with Crippen LogP contribution in [0.1, 0.15) is 38.8 Å². The molecule has 8 heteroatoms. The summed E-state index contributed by atoms with van der Waals surface area (Å²) in [5, 5.41) is 0. The molecule has 0 N–H and O–H groups in total. The minimum absolute atomic E-state index is 0.122. The van der Waals surface area contributed by atoms with Crippen molar-refractivity contribution < 1.29 is 22.6 Å². The van der Waals surface area contributed by atoms with Crippen molar-refractivity contribution in [2.24, 2.45) is 0 Å². The zero-order valence-corrected chi connectivity index (χ0v) is 18.5. The van der Waals surface area contributed by atoms with Gasteiger partial charge in [-0.05, 0) is 57.5 Å². The molecular formula is C24H26F3N3O2. The zero-order chi connectivity index (χ0) is 23.4. The summed E-state index contributed by atoms with van der Waals surface area (Å²) in [6.45, 7) is 7.94. The monoisotopic (exact) mass is 445 g/mol. The van der Waals surface area contributed by atoms with E-state index in [0.29, 0.717) is 11.4 Å². The van der Waals surface area contributed by atoms with Gasteiger partial charge in [0.2, 0.25) is 0 Å². The highest BCUT2D eigenvalue weighted by Crippen LogP contribution is 2.38. The van der Waals surface area contributed by atoms with Crippen molar-refractivity contribution in [3.63, 3.8) is 0 Å². The van der Waals surface area contributed by atoms with Crippen molar-refractivity contribution in [3.8, 4) is 11.8 Å².